The summed E-state index contributed by atoms with van der Waals surface area (Å²) in [5.74, 6) is 1.44. The molecule has 128 valence electrons. The summed E-state index contributed by atoms with van der Waals surface area (Å²) in [6.07, 6.45) is 1.08. The fourth-order valence-corrected chi connectivity index (χ4v) is 2.45. The number of hydrogen-bond acceptors (Lipinski definition) is 4. The first-order valence-electron chi connectivity index (χ1n) is 8.12. The van der Waals surface area contributed by atoms with Crippen molar-refractivity contribution in [3.8, 4) is 5.75 Å². The first-order chi connectivity index (χ1) is 11.5. The summed E-state index contributed by atoms with van der Waals surface area (Å²) >= 11 is 0. The number of non-ortho nitro benzene ring substituents is 1. The van der Waals surface area contributed by atoms with Crippen LogP contribution in [0.4, 0.5) is 11.4 Å². The second-order valence-corrected chi connectivity index (χ2v) is 6.23. The molecule has 0 unspecified atom stereocenters. The second-order valence-electron chi connectivity index (χ2n) is 6.23. The predicted octanol–water partition coefficient (Wildman–Crippen LogP) is 4.66. The molecule has 0 aromatic heterocycles. The Hall–Kier alpha value is -2.56. The van der Waals surface area contributed by atoms with E-state index >= 15 is 0 Å². The summed E-state index contributed by atoms with van der Waals surface area (Å²) in [6, 6.07) is 14.8. The normalized spacial score (nSPS) is 10.7. The molecule has 0 heterocycles. The highest BCUT2D eigenvalue weighted by Gasteiger charge is 2.10. The van der Waals surface area contributed by atoms with Gasteiger partial charge in [-0.1, -0.05) is 26.0 Å². The van der Waals surface area contributed by atoms with Gasteiger partial charge in [-0.2, -0.15) is 0 Å². The minimum absolute atomic E-state index is 0.122. The molecular weight excluding hydrogens is 304 g/mol. The summed E-state index contributed by atoms with van der Waals surface area (Å²) in [5.41, 5.74) is 2.30. The number of nitrogens with zero attached hydrogens (tertiary/aromatic N) is 2. The van der Waals surface area contributed by atoms with Crippen LogP contribution in [0.3, 0.4) is 0 Å². The SMILES string of the molecule is COc1ccc(N(CCC(C)C)Cc2ccc([N+](=O)[O-])cc2)cc1. The molecule has 0 amide bonds. The van der Waals surface area contributed by atoms with E-state index in [1.165, 1.54) is 0 Å². The molecule has 2 aromatic carbocycles. The van der Waals surface area contributed by atoms with Crippen molar-refractivity contribution < 1.29 is 9.66 Å². The summed E-state index contributed by atoms with van der Waals surface area (Å²) in [5, 5.41) is 10.8. The molecule has 5 heteroatoms. The number of ether oxygens (including phenoxy) is 1. The summed E-state index contributed by atoms with van der Waals surface area (Å²) in [6.45, 7) is 6.06. The molecule has 2 rings (SSSR count). The maximum absolute atomic E-state index is 10.8. The molecule has 0 radical (unpaired) electrons. The lowest BCUT2D eigenvalue weighted by molar-refractivity contribution is -0.384. The lowest BCUT2D eigenvalue weighted by atomic mass is 10.1. The smallest absolute Gasteiger partial charge is 0.269 e. The minimum Gasteiger partial charge on any atom is -0.497 e. The molecule has 0 fully saturated rings. The van der Waals surface area contributed by atoms with Crippen molar-refractivity contribution in [2.24, 2.45) is 5.92 Å². The number of nitro benzene ring substituents is 1. The quantitative estimate of drug-likeness (QED) is 0.522. The third kappa shape index (κ3) is 4.98. The van der Waals surface area contributed by atoms with Crippen molar-refractivity contribution in [2.45, 2.75) is 26.8 Å². The molecule has 0 bridgehead atoms. The fraction of sp³-hybridized carbons (Fsp3) is 0.368. The third-order valence-corrected chi connectivity index (χ3v) is 3.93. The van der Waals surface area contributed by atoms with E-state index in [0.717, 1.165) is 36.5 Å². The Morgan fingerprint density at radius 2 is 1.71 bits per heavy atom. The Labute approximate surface area is 143 Å². The van der Waals surface area contributed by atoms with Gasteiger partial charge >= 0.3 is 0 Å². The Balaban J connectivity index is 2.16. The Morgan fingerprint density at radius 1 is 1.08 bits per heavy atom. The van der Waals surface area contributed by atoms with Crippen LogP contribution in [-0.2, 0) is 6.54 Å². The molecule has 0 atom stereocenters. The van der Waals surface area contributed by atoms with Gasteiger partial charge in [-0.25, -0.2) is 0 Å². The van der Waals surface area contributed by atoms with Gasteiger partial charge in [0.25, 0.3) is 5.69 Å². The summed E-state index contributed by atoms with van der Waals surface area (Å²) in [7, 11) is 1.66. The van der Waals surface area contributed by atoms with Gasteiger partial charge in [-0.05, 0) is 42.2 Å². The Morgan fingerprint density at radius 3 is 2.21 bits per heavy atom. The third-order valence-electron chi connectivity index (χ3n) is 3.93. The lowest BCUT2D eigenvalue weighted by Crippen LogP contribution is -2.24. The van der Waals surface area contributed by atoms with E-state index in [1.54, 1.807) is 19.2 Å². The molecule has 5 nitrogen and oxygen atoms in total. The van der Waals surface area contributed by atoms with Crippen molar-refractivity contribution in [1.82, 2.24) is 0 Å². The molecule has 24 heavy (non-hydrogen) atoms. The number of methoxy groups -OCH3 is 1. The highest BCUT2D eigenvalue weighted by Crippen LogP contribution is 2.23. The van der Waals surface area contributed by atoms with Crippen molar-refractivity contribution in [3.05, 3.63) is 64.2 Å². The van der Waals surface area contributed by atoms with Crippen LogP contribution >= 0.6 is 0 Å². The molecule has 0 aliphatic rings. The standard InChI is InChI=1S/C19H24N2O3/c1-15(2)12-13-20(17-8-10-19(24-3)11-9-17)14-16-4-6-18(7-5-16)21(22)23/h4-11,15H,12-14H2,1-3H3. The maximum atomic E-state index is 10.8. The average molecular weight is 328 g/mol. The average Bonchev–Trinajstić information content (AvgIpc) is 2.59. The largest absolute Gasteiger partial charge is 0.497 e. The van der Waals surface area contributed by atoms with Crippen LogP contribution in [0.15, 0.2) is 48.5 Å². The molecule has 0 N–H and O–H groups in total. The van der Waals surface area contributed by atoms with Gasteiger partial charge in [0.15, 0.2) is 0 Å². The van der Waals surface area contributed by atoms with Gasteiger partial charge in [0.1, 0.15) is 5.75 Å². The molecule has 2 aromatic rings. The molecule has 0 saturated carbocycles. The Bertz CT molecular complexity index is 651. The van der Waals surface area contributed by atoms with Crippen LogP contribution < -0.4 is 9.64 Å². The Kier molecular flexibility index (Phi) is 6.18. The van der Waals surface area contributed by atoms with Crippen molar-refractivity contribution in [2.75, 3.05) is 18.6 Å². The van der Waals surface area contributed by atoms with Gasteiger partial charge in [0.05, 0.1) is 12.0 Å². The van der Waals surface area contributed by atoms with Crippen LogP contribution in [0.5, 0.6) is 5.75 Å². The van der Waals surface area contributed by atoms with E-state index in [2.05, 4.69) is 18.7 Å². The van der Waals surface area contributed by atoms with E-state index in [9.17, 15) is 10.1 Å². The highest BCUT2D eigenvalue weighted by atomic mass is 16.6. The molecular formula is C19H24N2O3. The van der Waals surface area contributed by atoms with Gasteiger partial charge in [0, 0.05) is 30.9 Å². The maximum Gasteiger partial charge on any atom is 0.269 e. The second kappa shape index (κ2) is 8.34. The zero-order valence-electron chi connectivity index (χ0n) is 14.4. The van der Waals surface area contributed by atoms with Crippen molar-refractivity contribution in [1.29, 1.82) is 0 Å². The van der Waals surface area contributed by atoms with Crippen LogP contribution in [0, 0.1) is 16.0 Å². The van der Waals surface area contributed by atoms with E-state index in [-0.39, 0.29) is 10.6 Å². The summed E-state index contributed by atoms with van der Waals surface area (Å²) < 4.78 is 5.22. The molecule has 0 saturated heterocycles. The molecule has 0 aliphatic carbocycles. The fourth-order valence-electron chi connectivity index (χ4n) is 2.45. The highest BCUT2D eigenvalue weighted by molar-refractivity contribution is 5.50. The van der Waals surface area contributed by atoms with Crippen LogP contribution in [-0.4, -0.2) is 18.6 Å². The van der Waals surface area contributed by atoms with Crippen molar-refractivity contribution in [3.63, 3.8) is 0 Å². The molecule has 0 spiro atoms. The number of benzene rings is 2. The zero-order valence-corrected chi connectivity index (χ0v) is 14.4. The van der Waals surface area contributed by atoms with Gasteiger partial charge in [-0.3, -0.25) is 10.1 Å². The molecule has 0 aliphatic heterocycles. The minimum atomic E-state index is -0.371. The monoisotopic (exact) mass is 328 g/mol. The number of anilines is 1. The number of hydrogen-bond donors (Lipinski definition) is 0. The first-order valence-corrected chi connectivity index (χ1v) is 8.12. The van der Waals surface area contributed by atoms with Crippen LogP contribution in [0.1, 0.15) is 25.8 Å². The van der Waals surface area contributed by atoms with E-state index in [0.29, 0.717) is 5.92 Å². The zero-order chi connectivity index (χ0) is 17.5. The first kappa shape index (κ1) is 17.8. The summed E-state index contributed by atoms with van der Waals surface area (Å²) in [4.78, 5) is 12.7. The topological polar surface area (TPSA) is 55.6 Å². The van der Waals surface area contributed by atoms with Crippen LogP contribution in [0.25, 0.3) is 0 Å². The van der Waals surface area contributed by atoms with E-state index in [4.69, 9.17) is 4.74 Å². The van der Waals surface area contributed by atoms with E-state index in [1.807, 2.05) is 36.4 Å². The van der Waals surface area contributed by atoms with E-state index < -0.39 is 0 Å². The number of nitro groups is 1. The van der Waals surface area contributed by atoms with Gasteiger partial charge in [-0.15, -0.1) is 0 Å². The van der Waals surface area contributed by atoms with Crippen molar-refractivity contribution >= 4 is 11.4 Å². The van der Waals surface area contributed by atoms with Gasteiger partial charge in [0.2, 0.25) is 0 Å². The van der Waals surface area contributed by atoms with Gasteiger partial charge < -0.3 is 9.64 Å². The predicted molar refractivity (Wildman–Crippen MR) is 96.6 cm³/mol. The van der Waals surface area contributed by atoms with Crippen LogP contribution in [0.2, 0.25) is 0 Å². The lowest BCUT2D eigenvalue weighted by Gasteiger charge is -2.26. The number of rotatable bonds is 8.